The second-order valence-corrected chi connectivity index (χ2v) is 12.3. The highest BCUT2D eigenvalue weighted by molar-refractivity contribution is 7.89. The molecular formula is C32H36N4O8S. The molecule has 1 amide bonds. The Labute approximate surface area is 262 Å². The van der Waals surface area contributed by atoms with Crippen LogP contribution in [0.1, 0.15) is 58.1 Å². The molecule has 0 radical (unpaired) electrons. The van der Waals surface area contributed by atoms with Gasteiger partial charge >= 0.3 is 5.97 Å². The van der Waals surface area contributed by atoms with Crippen LogP contribution in [-0.4, -0.2) is 57.7 Å². The maximum absolute atomic E-state index is 12.9. The minimum absolute atomic E-state index is 0.0667. The van der Waals surface area contributed by atoms with Crippen molar-refractivity contribution in [2.45, 2.75) is 45.2 Å². The third-order valence-electron chi connectivity index (χ3n) is 7.61. The normalized spacial score (nSPS) is 13.6. The largest absolute Gasteiger partial charge is 0.493 e. The van der Waals surface area contributed by atoms with Crippen molar-refractivity contribution in [1.29, 1.82) is 5.26 Å². The summed E-state index contributed by atoms with van der Waals surface area (Å²) in [6.45, 7) is 2.43. The van der Waals surface area contributed by atoms with E-state index in [1.54, 1.807) is 49.4 Å². The summed E-state index contributed by atoms with van der Waals surface area (Å²) in [7, 11) is -0.810. The average Bonchev–Trinajstić information content (AvgIpc) is 3.03. The van der Waals surface area contributed by atoms with Crippen molar-refractivity contribution in [1.82, 2.24) is 9.71 Å². The van der Waals surface area contributed by atoms with Gasteiger partial charge in [-0.2, -0.15) is 5.26 Å². The van der Waals surface area contributed by atoms with Crippen LogP contribution in [0.2, 0.25) is 0 Å². The van der Waals surface area contributed by atoms with Gasteiger partial charge in [0.25, 0.3) is 0 Å². The van der Waals surface area contributed by atoms with Crippen LogP contribution in [0.3, 0.4) is 0 Å². The van der Waals surface area contributed by atoms with E-state index in [-0.39, 0.29) is 42.2 Å². The third kappa shape index (κ3) is 8.09. The quantitative estimate of drug-likeness (QED) is 0.280. The molecule has 4 rings (SSSR count). The lowest BCUT2D eigenvalue weighted by Gasteiger charge is -2.33. The van der Waals surface area contributed by atoms with Gasteiger partial charge in [0.15, 0.2) is 11.5 Å². The van der Waals surface area contributed by atoms with Crippen molar-refractivity contribution in [2.24, 2.45) is 5.92 Å². The van der Waals surface area contributed by atoms with Gasteiger partial charge in [-0.05, 0) is 48.1 Å². The van der Waals surface area contributed by atoms with Gasteiger partial charge < -0.3 is 24.2 Å². The first-order chi connectivity index (χ1) is 21.6. The molecule has 0 saturated carbocycles. The summed E-state index contributed by atoms with van der Waals surface area (Å²) in [6, 6.07) is 16.1. The zero-order chi connectivity index (χ0) is 32.6. The molecule has 0 bridgehead atoms. The van der Waals surface area contributed by atoms with E-state index in [0.29, 0.717) is 54.4 Å². The topological polar surface area (TPSA) is 168 Å². The van der Waals surface area contributed by atoms with E-state index in [9.17, 15) is 28.4 Å². The molecule has 238 valence electrons. The number of piperidine rings is 1. The SMILES string of the molecule is CCc1c(C#N)c(N2CCC(C(=O)NS(=O)(=O)Cc3ccccc3)CC2)nc(COCc2ccc(OC)c(OC)c2)c1C(=O)O. The molecule has 1 aliphatic heterocycles. The maximum Gasteiger partial charge on any atom is 0.337 e. The molecule has 0 aliphatic carbocycles. The summed E-state index contributed by atoms with van der Waals surface area (Å²) in [5.41, 5.74) is 1.98. The Balaban J connectivity index is 1.49. The Morgan fingerprint density at radius 1 is 1.04 bits per heavy atom. The number of hydrogen-bond donors (Lipinski definition) is 2. The lowest BCUT2D eigenvalue weighted by atomic mass is 9.94. The molecule has 45 heavy (non-hydrogen) atoms. The van der Waals surface area contributed by atoms with Crippen LogP contribution in [0.25, 0.3) is 0 Å². The number of amides is 1. The molecule has 1 aliphatic rings. The molecule has 1 saturated heterocycles. The summed E-state index contributed by atoms with van der Waals surface area (Å²) in [6.07, 6.45) is 0.930. The average molecular weight is 637 g/mol. The fraction of sp³-hybridized carbons (Fsp3) is 0.375. The van der Waals surface area contributed by atoms with Crippen LogP contribution in [-0.2, 0) is 44.9 Å². The lowest BCUT2D eigenvalue weighted by Crippen LogP contribution is -2.43. The van der Waals surface area contributed by atoms with Gasteiger partial charge in [-0.15, -0.1) is 0 Å². The molecule has 12 nitrogen and oxygen atoms in total. The number of carbonyl (C=O) groups excluding carboxylic acids is 1. The third-order valence-corrected chi connectivity index (χ3v) is 8.84. The Morgan fingerprint density at radius 2 is 1.73 bits per heavy atom. The first-order valence-electron chi connectivity index (χ1n) is 14.4. The molecule has 2 heterocycles. The van der Waals surface area contributed by atoms with Crippen LogP contribution < -0.4 is 19.1 Å². The molecule has 0 spiro atoms. The van der Waals surface area contributed by atoms with E-state index in [0.717, 1.165) is 5.56 Å². The molecule has 0 unspecified atom stereocenters. The number of hydrogen-bond acceptors (Lipinski definition) is 10. The summed E-state index contributed by atoms with van der Waals surface area (Å²) in [4.78, 5) is 31.7. The number of pyridine rings is 1. The molecular weight excluding hydrogens is 600 g/mol. The minimum Gasteiger partial charge on any atom is -0.493 e. The Morgan fingerprint density at radius 3 is 2.33 bits per heavy atom. The monoisotopic (exact) mass is 636 g/mol. The van der Waals surface area contributed by atoms with Crippen molar-refractivity contribution < 1.29 is 37.3 Å². The van der Waals surface area contributed by atoms with Crippen LogP contribution in [0.4, 0.5) is 5.82 Å². The van der Waals surface area contributed by atoms with E-state index in [2.05, 4.69) is 15.8 Å². The van der Waals surface area contributed by atoms with Crippen LogP contribution >= 0.6 is 0 Å². The van der Waals surface area contributed by atoms with Gasteiger partial charge in [0.05, 0.1) is 50.0 Å². The summed E-state index contributed by atoms with van der Waals surface area (Å²) in [5.74, 6) is -1.22. The highest BCUT2D eigenvalue weighted by Gasteiger charge is 2.31. The van der Waals surface area contributed by atoms with Crippen molar-refractivity contribution in [3.8, 4) is 17.6 Å². The lowest BCUT2D eigenvalue weighted by molar-refractivity contribution is -0.123. The predicted octanol–water partition coefficient (Wildman–Crippen LogP) is 3.81. The summed E-state index contributed by atoms with van der Waals surface area (Å²) < 4.78 is 43.9. The van der Waals surface area contributed by atoms with Crippen molar-refractivity contribution in [2.75, 3.05) is 32.2 Å². The number of methoxy groups -OCH3 is 2. The van der Waals surface area contributed by atoms with Crippen LogP contribution in [0.15, 0.2) is 48.5 Å². The zero-order valence-electron chi connectivity index (χ0n) is 25.4. The van der Waals surface area contributed by atoms with E-state index < -0.39 is 27.8 Å². The molecule has 13 heteroatoms. The fourth-order valence-corrected chi connectivity index (χ4v) is 6.56. The van der Waals surface area contributed by atoms with Crippen LogP contribution in [0.5, 0.6) is 11.5 Å². The first kappa shape index (κ1) is 33.2. The van der Waals surface area contributed by atoms with Gasteiger partial charge in [0.1, 0.15) is 11.9 Å². The highest BCUT2D eigenvalue weighted by atomic mass is 32.2. The number of rotatable bonds is 13. The minimum atomic E-state index is -3.87. The number of nitrogens with zero attached hydrogens (tertiary/aromatic N) is 3. The molecule has 2 N–H and O–H groups in total. The number of carboxylic acid groups (broad SMARTS) is 1. The number of benzene rings is 2. The molecule has 2 aromatic carbocycles. The number of anilines is 1. The second-order valence-electron chi connectivity index (χ2n) is 10.5. The number of nitriles is 1. The van der Waals surface area contributed by atoms with Gasteiger partial charge in [-0.3, -0.25) is 9.52 Å². The smallest absolute Gasteiger partial charge is 0.337 e. The number of carbonyl (C=O) groups is 2. The maximum atomic E-state index is 12.9. The Hall–Kier alpha value is -4.67. The number of nitrogens with one attached hydrogen (secondary N) is 1. The van der Waals surface area contributed by atoms with E-state index in [4.69, 9.17) is 14.2 Å². The Kier molecular flexibility index (Phi) is 11.0. The number of ether oxygens (including phenoxy) is 3. The van der Waals surface area contributed by atoms with Gasteiger partial charge in [0.2, 0.25) is 15.9 Å². The summed E-state index contributed by atoms with van der Waals surface area (Å²) in [5, 5.41) is 20.2. The molecule has 0 atom stereocenters. The first-order valence-corrected chi connectivity index (χ1v) is 16.1. The van der Waals surface area contributed by atoms with Crippen LogP contribution in [0, 0.1) is 17.2 Å². The van der Waals surface area contributed by atoms with E-state index >= 15 is 0 Å². The van der Waals surface area contributed by atoms with Gasteiger partial charge in [-0.1, -0.05) is 43.3 Å². The molecule has 3 aromatic rings. The number of aromatic carboxylic acids is 1. The number of carboxylic acids is 1. The number of sulfonamides is 1. The van der Waals surface area contributed by atoms with Crippen molar-refractivity contribution in [3.63, 3.8) is 0 Å². The highest BCUT2D eigenvalue weighted by Crippen LogP contribution is 2.32. The summed E-state index contributed by atoms with van der Waals surface area (Å²) >= 11 is 0. The Bertz CT molecular complexity index is 1680. The second kappa shape index (κ2) is 14.9. The standard InChI is InChI=1S/C32H36N4O8S/c1-4-24-25(17-33)30(34-26(29(24)32(38)39)19-44-18-22-10-11-27(42-2)28(16-22)43-3)36-14-12-23(13-15-36)31(37)35-45(40,41)20-21-8-6-5-7-9-21/h5-11,16,23H,4,12-15,18-20H2,1-3H3,(H,35,37)(H,38,39). The predicted molar refractivity (Wildman–Crippen MR) is 165 cm³/mol. The van der Waals surface area contributed by atoms with Gasteiger partial charge in [0, 0.05) is 19.0 Å². The zero-order valence-corrected chi connectivity index (χ0v) is 26.2. The van der Waals surface area contributed by atoms with E-state index in [1.165, 1.54) is 14.2 Å². The van der Waals surface area contributed by atoms with Crippen molar-refractivity contribution >= 4 is 27.7 Å². The molecule has 1 aromatic heterocycles. The van der Waals surface area contributed by atoms with Gasteiger partial charge in [-0.25, -0.2) is 18.2 Å². The van der Waals surface area contributed by atoms with Crippen molar-refractivity contribution in [3.05, 3.63) is 82.0 Å². The fourth-order valence-electron chi connectivity index (χ4n) is 5.39. The molecule has 1 fully saturated rings. The van der Waals surface area contributed by atoms with E-state index in [1.807, 2.05) is 11.0 Å². The number of aromatic nitrogens is 1.